The zero-order valence-electron chi connectivity index (χ0n) is 12.2. The molecule has 6 heteroatoms. The van der Waals surface area contributed by atoms with Gasteiger partial charge in [-0.2, -0.15) is 5.26 Å². The molecule has 23 heavy (non-hydrogen) atoms. The van der Waals surface area contributed by atoms with E-state index in [1.54, 1.807) is 25.3 Å². The lowest BCUT2D eigenvalue weighted by atomic mass is 10.1. The summed E-state index contributed by atoms with van der Waals surface area (Å²) >= 11 is 0. The topological polar surface area (TPSA) is 57.9 Å². The molecule has 0 spiro atoms. The third-order valence-corrected chi connectivity index (χ3v) is 3.31. The zero-order chi connectivity index (χ0) is 15.5. The van der Waals surface area contributed by atoms with Crippen molar-refractivity contribution in [1.82, 2.24) is 4.98 Å². The van der Waals surface area contributed by atoms with E-state index in [1.165, 1.54) is 18.3 Å². The molecule has 2 aromatic carbocycles. The molecule has 116 valence electrons. The lowest BCUT2D eigenvalue weighted by Crippen LogP contribution is -1.97. The van der Waals surface area contributed by atoms with Crippen LogP contribution in [-0.2, 0) is 0 Å². The molecule has 0 saturated carbocycles. The van der Waals surface area contributed by atoms with Crippen LogP contribution in [0.25, 0.3) is 10.9 Å². The molecular weight excluding hydrogens is 317 g/mol. The summed E-state index contributed by atoms with van der Waals surface area (Å²) in [6.07, 6.45) is 1.48. The predicted molar refractivity (Wildman–Crippen MR) is 89.9 cm³/mol. The van der Waals surface area contributed by atoms with Gasteiger partial charge >= 0.3 is 0 Å². The van der Waals surface area contributed by atoms with Gasteiger partial charge in [-0.15, -0.1) is 12.4 Å². The average Bonchev–Trinajstić information content (AvgIpc) is 2.56. The second kappa shape index (κ2) is 6.95. The molecule has 3 rings (SSSR count). The maximum Gasteiger partial charge on any atom is 0.124 e. The molecule has 0 aliphatic carbocycles. The third-order valence-electron chi connectivity index (χ3n) is 3.31. The number of pyridine rings is 1. The summed E-state index contributed by atoms with van der Waals surface area (Å²) in [5.41, 5.74) is 2.29. The first kappa shape index (κ1) is 16.5. The molecular formula is C17H13ClFN3O. The van der Waals surface area contributed by atoms with Crippen molar-refractivity contribution in [2.24, 2.45) is 0 Å². The molecule has 0 atom stereocenters. The molecule has 4 nitrogen and oxygen atoms in total. The Labute approximate surface area is 138 Å². The maximum atomic E-state index is 13.5. The van der Waals surface area contributed by atoms with Crippen LogP contribution >= 0.6 is 12.4 Å². The van der Waals surface area contributed by atoms with Crippen molar-refractivity contribution in [3.8, 4) is 11.8 Å². The van der Waals surface area contributed by atoms with E-state index in [4.69, 9.17) is 4.74 Å². The zero-order valence-corrected chi connectivity index (χ0v) is 13.0. The minimum Gasteiger partial charge on any atom is -0.497 e. The van der Waals surface area contributed by atoms with E-state index < -0.39 is 0 Å². The highest BCUT2D eigenvalue weighted by molar-refractivity contribution is 5.95. The van der Waals surface area contributed by atoms with Crippen molar-refractivity contribution in [1.29, 1.82) is 5.26 Å². The molecule has 1 heterocycles. The Balaban J connectivity index is 0.00000192. The van der Waals surface area contributed by atoms with Gasteiger partial charge < -0.3 is 10.1 Å². The average molecular weight is 330 g/mol. The Morgan fingerprint density at radius 1 is 1.17 bits per heavy atom. The van der Waals surface area contributed by atoms with Gasteiger partial charge in [-0.25, -0.2) is 4.39 Å². The second-order valence-electron chi connectivity index (χ2n) is 4.67. The van der Waals surface area contributed by atoms with Crippen LogP contribution in [0.4, 0.5) is 15.8 Å². The summed E-state index contributed by atoms with van der Waals surface area (Å²) in [6, 6.07) is 13.6. The van der Waals surface area contributed by atoms with Crippen LogP contribution in [-0.4, -0.2) is 12.1 Å². The molecule has 0 amide bonds. The fourth-order valence-corrected chi connectivity index (χ4v) is 2.20. The molecule has 0 fully saturated rings. The molecule has 3 aromatic rings. The Hall–Kier alpha value is -2.84. The third kappa shape index (κ3) is 3.33. The smallest absolute Gasteiger partial charge is 0.124 e. The molecule has 0 bridgehead atoms. The normalized spacial score (nSPS) is 9.78. The van der Waals surface area contributed by atoms with Gasteiger partial charge in [0.05, 0.1) is 23.9 Å². The highest BCUT2D eigenvalue weighted by atomic mass is 35.5. The monoisotopic (exact) mass is 329 g/mol. The SMILES string of the molecule is COc1ccc(Nc2c(C#N)cnc3ccc(F)cc23)cc1.Cl. The summed E-state index contributed by atoms with van der Waals surface area (Å²) in [6.45, 7) is 0. The Bertz CT molecular complexity index is 875. The second-order valence-corrected chi connectivity index (χ2v) is 4.67. The van der Waals surface area contributed by atoms with Gasteiger partial charge in [0, 0.05) is 17.3 Å². The number of aromatic nitrogens is 1. The fraction of sp³-hybridized carbons (Fsp3) is 0.0588. The Kier molecular flexibility index (Phi) is 4.99. The minimum absolute atomic E-state index is 0. The summed E-state index contributed by atoms with van der Waals surface area (Å²) in [5, 5.41) is 13.0. The largest absolute Gasteiger partial charge is 0.497 e. The Morgan fingerprint density at radius 3 is 2.57 bits per heavy atom. The molecule has 1 N–H and O–H groups in total. The van der Waals surface area contributed by atoms with Crippen LogP contribution in [0, 0.1) is 17.1 Å². The Morgan fingerprint density at radius 2 is 1.91 bits per heavy atom. The molecule has 0 saturated heterocycles. The first-order valence-corrected chi connectivity index (χ1v) is 6.60. The molecule has 0 radical (unpaired) electrons. The van der Waals surface area contributed by atoms with Crippen molar-refractivity contribution in [2.75, 3.05) is 12.4 Å². The van der Waals surface area contributed by atoms with Crippen LogP contribution in [0.5, 0.6) is 5.75 Å². The summed E-state index contributed by atoms with van der Waals surface area (Å²) in [5.74, 6) is 0.360. The van der Waals surface area contributed by atoms with Crippen LogP contribution in [0.2, 0.25) is 0 Å². The number of fused-ring (bicyclic) bond motifs is 1. The number of nitrogens with zero attached hydrogens (tertiary/aromatic N) is 2. The van der Waals surface area contributed by atoms with Gasteiger partial charge in [-0.1, -0.05) is 0 Å². The number of hydrogen-bond acceptors (Lipinski definition) is 4. The highest BCUT2D eigenvalue weighted by Crippen LogP contribution is 2.29. The van der Waals surface area contributed by atoms with Crippen LogP contribution in [0.1, 0.15) is 5.56 Å². The number of ether oxygens (including phenoxy) is 1. The fourth-order valence-electron chi connectivity index (χ4n) is 2.20. The van der Waals surface area contributed by atoms with E-state index in [9.17, 15) is 9.65 Å². The van der Waals surface area contributed by atoms with Crippen molar-refractivity contribution < 1.29 is 9.13 Å². The van der Waals surface area contributed by atoms with Gasteiger partial charge in [-0.3, -0.25) is 4.98 Å². The molecule has 0 unspecified atom stereocenters. The summed E-state index contributed by atoms with van der Waals surface area (Å²) < 4.78 is 18.6. The van der Waals surface area contributed by atoms with Gasteiger partial charge in [0.25, 0.3) is 0 Å². The van der Waals surface area contributed by atoms with Crippen LogP contribution < -0.4 is 10.1 Å². The number of nitrogens with one attached hydrogen (secondary N) is 1. The van der Waals surface area contributed by atoms with Crippen LogP contribution in [0.3, 0.4) is 0 Å². The van der Waals surface area contributed by atoms with Crippen molar-refractivity contribution in [3.63, 3.8) is 0 Å². The minimum atomic E-state index is -0.373. The lowest BCUT2D eigenvalue weighted by molar-refractivity contribution is 0.415. The first-order chi connectivity index (χ1) is 10.7. The summed E-state index contributed by atoms with van der Waals surface area (Å²) in [4.78, 5) is 4.17. The van der Waals surface area contributed by atoms with E-state index in [0.29, 0.717) is 22.2 Å². The van der Waals surface area contributed by atoms with Crippen molar-refractivity contribution in [3.05, 3.63) is 60.0 Å². The van der Waals surface area contributed by atoms with Crippen LogP contribution in [0.15, 0.2) is 48.7 Å². The highest BCUT2D eigenvalue weighted by Gasteiger charge is 2.10. The van der Waals surface area contributed by atoms with Gasteiger partial charge in [-0.05, 0) is 42.5 Å². The number of anilines is 2. The van der Waals surface area contributed by atoms with Gasteiger partial charge in [0.1, 0.15) is 17.6 Å². The molecule has 0 aliphatic heterocycles. The molecule has 0 aliphatic rings. The molecule has 1 aromatic heterocycles. The number of nitriles is 1. The first-order valence-electron chi connectivity index (χ1n) is 6.60. The number of halogens is 2. The van der Waals surface area contributed by atoms with E-state index >= 15 is 0 Å². The predicted octanol–water partition coefficient (Wildman–Crippen LogP) is 4.42. The van der Waals surface area contributed by atoms with Gasteiger partial charge in [0.2, 0.25) is 0 Å². The van der Waals surface area contributed by atoms with E-state index in [0.717, 1.165) is 11.4 Å². The number of methoxy groups -OCH3 is 1. The van der Waals surface area contributed by atoms with Crippen molar-refractivity contribution in [2.45, 2.75) is 0 Å². The number of rotatable bonds is 3. The lowest BCUT2D eigenvalue weighted by Gasteiger charge is -2.12. The van der Waals surface area contributed by atoms with Gasteiger partial charge in [0.15, 0.2) is 0 Å². The number of benzene rings is 2. The summed E-state index contributed by atoms with van der Waals surface area (Å²) in [7, 11) is 1.59. The van der Waals surface area contributed by atoms with Crippen molar-refractivity contribution >= 4 is 34.7 Å². The standard InChI is InChI=1S/C17H12FN3O.ClH/c1-22-14-5-3-13(4-6-14)21-17-11(9-19)10-20-16-7-2-12(18)8-15(16)17;/h2-8,10H,1H3,(H,20,21);1H. The van der Waals surface area contributed by atoms with E-state index in [2.05, 4.69) is 16.4 Å². The van der Waals surface area contributed by atoms with E-state index in [-0.39, 0.29) is 18.2 Å². The quantitative estimate of drug-likeness (QED) is 0.772. The van der Waals surface area contributed by atoms with E-state index in [1.807, 2.05) is 12.1 Å². The number of hydrogen-bond donors (Lipinski definition) is 1. The maximum absolute atomic E-state index is 13.5.